The molecule has 1 aromatic rings. The third-order valence-electron chi connectivity index (χ3n) is 4.57. The van der Waals surface area contributed by atoms with Gasteiger partial charge in [0.25, 0.3) is 5.91 Å². The maximum Gasteiger partial charge on any atom is 0.329 e. The minimum Gasteiger partial charge on any atom is -0.458 e. The monoisotopic (exact) mass is 433 g/mol. The van der Waals surface area contributed by atoms with Crippen LogP contribution in [0.25, 0.3) is 6.08 Å². The van der Waals surface area contributed by atoms with E-state index in [2.05, 4.69) is 15.3 Å². The normalized spacial score (nSPS) is 17.0. The second-order valence-corrected chi connectivity index (χ2v) is 8.61. The molecule has 2 heterocycles. The van der Waals surface area contributed by atoms with Gasteiger partial charge in [-0.05, 0) is 47.1 Å². The van der Waals surface area contributed by atoms with Gasteiger partial charge >= 0.3 is 5.97 Å². The lowest BCUT2D eigenvalue weighted by atomic mass is 10.1. The lowest BCUT2D eigenvalue weighted by Crippen LogP contribution is -2.51. The zero-order valence-corrected chi connectivity index (χ0v) is 19.1. The molecule has 10 heteroatoms. The van der Waals surface area contributed by atoms with Crippen LogP contribution in [-0.4, -0.2) is 62.8 Å². The zero-order chi connectivity index (χ0) is 23.5. The van der Waals surface area contributed by atoms with E-state index in [0.717, 1.165) is 4.90 Å². The van der Waals surface area contributed by atoms with Crippen molar-refractivity contribution in [2.75, 3.05) is 11.4 Å². The van der Waals surface area contributed by atoms with Crippen LogP contribution in [0.4, 0.5) is 5.82 Å². The predicted molar refractivity (Wildman–Crippen MR) is 115 cm³/mol. The van der Waals surface area contributed by atoms with Crippen molar-refractivity contribution in [1.29, 1.82) is 0 Å². The Morgan fingerprint density at radius 1 is 1.32 bits per heavy atom. The number of amides is 3. The molecular weight excluding hydrogens is 402 g/mol. The SMILES string of the molecule is CCC(C(=O)OC(C)(C)C)N(c1nc[nH]c1/C=C1\NC(=O)CN(C(C)=O)C1=O)C(C)C. The summed E-state index contributed by atoms with van der Waals surface area (Å²) in [7, 11) is 0. The number of aromatic amines is 1. The Kier molecular flexibility index (Phi) is 7.24. The number of nitrogens with zero attached hydrogens (tertiary/aromatic N) is 3. The highest BCUT2D eigenvalue weighted by molar-refractivity contribution is 6.12. The minimum atomic E-state index is -0.640. The van der Waals surface area contributed by atoms with Crippen molar-refractivity contribution in [3.63, 3.8) is 0 Å². The van der Waals surface area contributed by atoms with Crippen molar-refractivity contribution in [1.82, 2.24) is 20.2 Å². The average molecular weight is 434 g/mol. The van der Waals surface area contributed by atoms with E-state index in [-0.39, 0.29) is 24.3 Å². The van der Waals surface area contributed by atoms with Crippen LogP contribution >= 0.6 is 0 Å². The highest BCUT2D eigenvalue weighted by Crippen LogP contribution is 2.26. The van der Waals surface area contributed by atoms with Gasteiger partial charge in [-0.2, -0.15) is 0 Å². The summed E-state index contributed by atoms with van der Waals surface area (Å²) in [4.78, 5) is 59.1. The maximum atomic E-state index is 12.9. The zero-order valence-electron chi connectivity index (χ0n) is 19.1. The van der Waals surface area contributed by atoms with E-state index >= 15 is 0 Å². The number of imidazole rings is 1. The molecule has 0 spiro atoms. The van der Waals surface area contributed by atoms with Gasteiger partial charge in [0.15, 0.2) is 5.82 Å². The van der Waals surface area contributed by atoms with Crippen LogP contribution in [0.2, 0.25) is 0 Å². The van der Waals surface area contributed by atoms with E-state index in [1.54, 1.807) is 20.8 Å². The molecular formula is C21H31N5O5. The van der Waals surface area contributed by atoms with Gasteiger partial charge in [0.2, 0.25) is 11.8 Å². The molecule has 31 heavy (non-hydrogen) atoms. The van der Waals surface area contributed by atoms with Crippen LogP contribution in [0.1, 0.15) is 60.6 Å². The van der Waals surface area contributed by atoms with Crippen molar-refractivity contribution in [2.24, 2.45) is 0 Å². The number of rotatable bonds is 6. The van der Waals surface area contributed by atoms with E-state index in [9.17, 15) is 19.2 Å². The number of esters is 1. The average Bonchev–Trinajstić information content (AvgIpc) is 3.07. The number of nitrogens with one attached hydrogen (secondary N) is 2. The molecule has 1 aromatic heterocycles. The molecule has 1 fully saturated rings. The van der Waals surface area contributed by atoms with Crippen LogP contribution in [0.5, 0.6) is 0 Å². The fraction of sp³-hybridized carbons (Fsp3) is 0.571. The molecule has 0 radical (unpaired) electrons. The predicted octanol–water partition coefficient (Wildman–Crippen LogP) is 1.59. The van der Waals surface area contributed by atoms with Crippen LogP contribution in [-0.2, 0) is 23.9 Å². The summed E-state index contributed by atoms with van der Waals surface area (Å²) in [5, 5.41) is 2.50. The van der Waals surface area contributed by atoms with E-state index in [1.807, 2.05) is 25.7 Å². The molecule has 1 atom stereocenters. The van der Waals surface area contributed by atoms with Gasteiger partial charge in [-0.25, -0.2) is 9.78 Å². The molecule has 0 aliphatic carbocycles. The first-order valence-electron chi connectivity index (χ1n) is 10.2. The van der Waals surface area contributed by atoms with Gasteiger partial charge in [0, 0.05) is 13.0 Å². The number of hydrogen-bond donors (Lipinski definition) is 2. The smallest absolute Gasteiger partial charge is 0.329 e. The van der Waals surface area contributed by atoms with Crippen LogP contribution < -0.4 is 10.2 Å². The Bertz CT molecular complexity index is 896. The Hall–Kier alpha value is -3.17. The molecule has 1 aliphatic rings. The summed E-state index contributed by atoms with van der Waals surface area (Å²) in [5.41, 5.74) is -0.269. The highest BCUT2D eigenvalue weighted by atomic mass is 16.6. The van der Waals surface area contributed by atoms with Gasteiger partial charge in [0.05, 0.1) is 12.0 Å². The highest BCUT2D eigenvalue weighted by Gasteiger charge is 2.34. The Morgan fingerprint density at radius 2 is 1.97 bits per heavy atom. The van der Waals surface area contributed by atoms with Crippen LogP contribution in [0, 0.1) is 0 Å². The number of anilines is 1. The van der Waals surface area contributed by atoms with Crippen LogP contribution in [0.15, 0.2) is 12.0 Å². The van der Waals surface area contributed by atoms with Crippen LogP contribution in [0.3, 0.4) is 0 Å². The molecule has 1 aliphatic heterocycles. The van der Waals surface area contributed by atoms with Crippen molar-refractivity contribution in [3.05, 3.63) is 17.7 Å². The number of carbonyl (C=O) groups excluding carboxylic acids is 4. The number of hydrogen-bond acceptors (Lipinski definition) is 7. The molecule has 170 valence electrons. The summed E-state index contributed by atoms with van der Waals surface area (Å²) in [6.07, 6.45) is 3.34. The first kappa shape index (κ1) is 24.1. The topological polar surface area (TPSA) is 125 Å². The molecule has 1 saturated heterocycles. The number of carbonyl (C=O) groups is 4. The van der Waals surface area contributed by atoms with Crippen molar-refractivity contribution >= 4 is 35.6 Å². The van der Waals surface area contributed by atoms with Gasteiger partial charge in [-0.1, -0.05) is 6.92 Å². The van der Waals surface area contributed by atoms with Crippen molar-refractivity contribution < 1.29 is 23.9 Å². The Labute approximate surface area is 182 Å². The van der Waals surface area contributed by atoms with Gasteiger partial charge < -0.3 is 19.9 Å². The van der Waals surface area contributed by atoms with Crippen molar-refractivity contribution in [2.45, 2.75) is 72.6 Å². The van der Waals surface area contributed by atoms with Gasteiger partial charge in [-0.3, -0.25) is 19.3 Å². The lowest BCUT2D eigenvalue weighted by molar-refractivity contribution is -0.156. The lowest BCUT2D eigenvalue weighted by Gasteiger charge is -2.35. The number of ether oxygens (including phenoxy) is 1. The van der Waals surface area contributed by atoms with E-state index in [0.29, 0.717) is 17.9 Å². The first-order chi connectivity index (χ1) is 14.4. The largest absolute Gasteiger partial charge is 0.458 e. The molecule has 0 bridgehead atoms. The molecule has 2 rings (SSSR count). The molecule has 1 unspecified atom stereocenters. The quantitative estimate of drug-likeness (QED) is 0.515. The molecule has 0 aromatic carbocycles. The molecule has 10 nitrogen and oxygen atoms in total. The summed E-state index contributed by atoms with van der Waals surface area (Å²) < 4.78 is 5.59. The number of aromatic nitrogens is 2. The minimum absolute atomic E-state index is 0.0500. The Balaban J connectivity index is 2.45. The third kappa shape index (κ3) is 5.71. The second kappa shape index (κ2) is 9.32. The summed E-state index contributed by atoms with van der Waals surface area (Å²) in [6, 6.07) is -0.728. The summed E-state index contributed by atoms with van der Waals surface area (Å²) in [6.45, 7) is 12.0. The second-order valence-electron chi connectivity index (χ2n) is 8.61. The van der Waals surface area contributed by atoms with Crippen molar-refractivity contribution in [3.8, 4) is 0 Å². The first-order valence-corrected chi connectivity index (χ1v) is 10.2. The van der Waals surface area contributed by atoms with Gasteiger partial charge in [-0.15, -0.1) is 0 Å². The van der Waals surface area contributed by atoms with E-state index < -0.39 is 29.4 Å². The van der Waals surface area contributed by atoms with Gasteiger partial charge in [0.1, 0.15) is 23.9 Å². The number of piperazine rings is 1. The molecule has 0 saturated carbocycles. The number of imide groups is 1. The third-order valence-corrected chi connectivity index (χ3v) is 4.57. The fourth-order valence-electron chi connectivity index (χ4n) is 3.31. The number of H-pyrrole nitrogens is 1. The molecule has 3 amide bonds. The van der Waals surface area contributed by atoms with E-state index in [1.165, 1.54) is 19.3 Å². The standard InChI is InChI=1S/C21H31N5O5/c1-8-16(20(30)31-21(5,6)7)26(12(2)3)18-14(22-11-23-18)9-15-19(29)25(13(4)27)10-17(28)24-15/h9,11-12,16H,8,10H2,1-7H3,(H,22,23)(H,24,28)/b15-9-. The molecule has 2 N–H and O–H groups in total. The van der Waals surface area contributed by atoms with E-state index in [4.69, 9.17) is 4.74 Å². The summed E-state index contributed by atoms with van der Waals surface area (Å²) >= 11 is 0. The fourth-order valence-corrected chi connectivity index (χ4v) is 3.31. The Morgan fingerprint density at radius 3 is 2.48 bits per heavy atom. The maximum absolute atomic E-state index is 12.9. The summed E-state index contributed by atoms with van der Waals surface area (Å²) in [5.74, 6) is -1.54.